The molecule has 0 saturated carbocycles. The number of halogens is 3. The van der Waals surface area contributed by atoms with Crippen molar-refractivity contribution < 1.29 is 21.6 Å². The number of hydrogen-bond donors (Lipinski definition) is 2. The van der Waals surface area contributed by atoms with Crippen LogP contribution in [0.15, 0.2) is 29.2 Å². The van der Waals surface area contributed by atoms with E-state index in [-0.39, 0.29) is 23.9 Å². The van der Waals surface area contributed by atoms with Crippen LogP contribution in [-0.2, 0) is 10.0 Å². The Bertz CT molecular complexity index is 671. The smallest absolute Gasteiger partial charge is 0.314 e. The highest BCUT2D eigenvalue weighted by Gasteiger charge is 2.44. The van der Waals surface area contributed by atoms with E-state index in [1.165, 1.54) is 11.0 Å². The van der Waals surface area contributed by atoms with Crippen LogP contribution in [0.4, 0.5) is 13.2 Å². The number of rotatable bonds is 6. The van der Waals surface area contributed by atoms with E-state index in [2.05, 4.69) is 10.0 Å². The van der Waals surface area contributed by atoms with Gasteiger partial charge in [-0.1, -0.05) is 32.0 Å². The fourth-order valence-corrected chi connectivity index (χ4v) is 4.32. The monoisotopic (exact) mass is 379 g/mol. The van der Waals surface area contributed by atoms with Crippen molar-refractivity contribution in [3.05, 3.63) is 29.8 Å². The van der Waals surface area contributed by atoms with Gasteiger partial charge in [0.05, 0.1) is 4.90 Å². The molecule has 2 N–H and O–H groups in total. The standard InChI is InChI=1S/C16H24F3N3O2S/c1-12(2)13-5-3-4-6-14(13)25(23,24)21-11-15(16(17,18)19)22-9-7-20-8-10-22/h3-6,12,15,20-21H,7-11H2,1-2H3. The maximum Gasteiger partial charge on any atom is 0.405 e. The normalized spacial score (nSPS) is 18.5. The summed E-state index contributed by atoms with van der Waals surface area (Å²) >= 11 is 0. The van der Waals surface area contributed by atoms with Gasteiger partial charge in [-0.25, -0.2) is 13.1 Å². The summed E-state index contributed by atoms with van der Waals surface area (Å²) in [6, 6.07) is 4.54. The molecule has 1 atom stereocenters. The Kier molecular flexibility index (Phi) is 6.47. The molecule has 0 spiro atoms. The number of benzene rings is 1. The van der Waals surface area contributed by atoms with Gasteiger partial charge in [0.25, 0.3) is 0 Å². The number of nitrogens with zero attached hydrogens (tertiary/aromatic N) is 1. The molecule has 1 aliphatic rings. The zero-order chi connectivity index (χ0) is 18.7. The van der Waals surface area contributed by atoms with Gasteiger partial charge in [-0.05, 0) is 17.5 Å². The number of hydrogen-bond acceptors (Lipinski definition) is 4. The van der Waals surface area contributed by atoms with Crippen LogP contribution in [0.3, 0.4) is 0 Å². The highest BCUT2D eigenvalue weighted by molar-refractivity contribution is 7.89. The maximum atomic E-state index is 13.4. The van der Waals surface area contributed by atoms with Gasteiger partial charge in [-0.3, -0.25) is 4.90 Å². The zero-order valence-electron chi connectivity index (χ0n) is 14.3. The molecule has 1 unspecified atom stereocenters. The minimum Gasteiger partial charge on any atom is -0.314 e. The maximum absolute atomic E-state index is 13.4. The molecule has 1 aromatic rings. The Morgan fingerprint density at radius 1 is 1.20 bits per heavy atom. The first kappa shape index (κ1) is 20.2. The van der Waals surface area contributed by atoms with Crippen molar-refractivity contribution in [1.29, 1.82) is 0 Å². The van der Waals surface area contributed by atoms with Crippen molar-refractivity contribution in [2.75, 3.05) is 32.7 Å². The summed E-state index contributed by atoms with van der Waals surface area (Å²) in [5.41, 5.74) is 0.584. The van der Waals surface area contributed by atoms with E-state index in [1.807, 2.05) is 13.8 Å². The van der Waals surface area contributed by atoms with Crippen LogP contribution in [0.2, 0.25) is 0 Å². The summed E-state index contributed by atoms with van der Waals surface area (Å²) in [4.78, 5) is 1.30. The van der Waals surface area contributed by atoms with Crippen molar-refractivity contribution in [3.63, 3.8) is 0 Å². The van der Waals surface area contributed by atoms with Crippen LogP contribution < -0.4 is 10.0 Å². The van der Waals surface area contributed by atoms with E-state index in [0.29, 0.717) is 18.7 Å². The quantitative estimate of drug-likeness (QED) is 0.793. The van der Waals surface area contributed by atoms with E-state index < -0.39 is 28.8 Å². The van der Waals surface area contributed by atoms with E-state index in [4.69, 9.17) is 0 Å². The van der Waals surface area contributed by atoms with Gasteiger partial charge in [-0.15, -0.1) is 0 Å². The number of piperazine rings is 1. The first-order chi connectivity index (χ1) is 11.6. The van der Waals surface area contributed by atoms with Gasteiger partial charge >= 0.3 is 6.18 Å². The lowest BCUT2D eigenvalue weighted by Crippen LogP contribution is -2.57. The van der Waals surface area contributed by atoms with E-state index >= 15 is 0 Å². The molecule has 1 fully saturated rings. The molecule has 1 aromatic carbocycles. The largest absolute Gasteiger partial charge is 0.405 e. The lowest BCUT2D eigenvalue weighted by atomic mass is 10.0. The van der Waals surface area contributed by atoms with Crippen molar-refractivity contribution in [2.24, 2.45) is 0 Å². The molecule has 25 heavy (non-hydrogen) atoms. The first-order valence-corrected chi connectivity index (χ1v) is 9.71. The molecule has 0 radical (unpaired) electrons. The molecular formula is C16H24F3N3O2S. The second-order valence-electron chi connectivity index (χ2n) is 6.39. The molecule has 1 heterocycles. The average molecular weight is 379 g/mol. The molecule has 5 nitrogen and oxygen atoms in total. The highest BCUT2D eigenvalue weighted by Crippen LogP contribution is 2.26. The van der Waals surface area contributed by atoms with Crippen LogP contribution in [0.5, 0.6) is 0 Å². The average Bonchev–Trinajstić information content (AvgIpc) is 2.54. The van der Waals surface area contributed by atoms with Crippen molar-refractivity contribution in [1.82, 2.24) is 14.9 Å². The molecule has 1 saturated heterocycles. The number of nitrogens with one attached hydrogen (secondary N) is 2. The Morgan fingerprint density at radius 3 is 2.36 bits per heavy atom. The Labute approximate surface area is 146 Å². The van der Waals surface area contributed by atoms with E-state index in [9.17, 15) is 21.6 Å². The molecule has 0 amide bonds. The van der Waals surface area contributed by atoms with Crippen molar-refractivity contribution in [3.8, 4) is 0 Å². The third-order valence-corrected chi connectivity index (χ3v) is 5.76. The van der Waals surface area contributed by atoms with Crippen LogP contribution in [0.25, 0.3) is 0 Å². The van der Waals surface area contributed by atoms with Crippen LogP contribution in [0.1, 0.15) is 25.3 Å². The van der Waals surface area contributed by atoms with Gasteiger partial charge in [0, 0.05) is 32.7 Å². The summed E-state index contributed by atoms with van der Waals surface area (Å²) in [5, 5.41) is 2.99. The molecule has 0 aromatic heterocycles. The molecule has 0 bridgehead atoms. The Hall–Kier alpha value is -1.16. The number of alkyl halides is 3. The summed E-state index contributed by atoms with van der Waals surface area (Å²) in [5.74, 6) is -0.0562. The van der Waals surface area contributed by atoms with Crippen LogP contribution in [0, 0.1) is 0 Å². The first-order valence-electron chi connectivity index (χ1n) is 8.23. The third kappa shape index (κ3) is 5.16. The molecule has 142 valence electrons. The molecule has 1 aliphatic heterocycles. The van der Waals surface area contributed by atoms with Gasteiger partial charge in [0.2, 0.25) is 10.0 Å². The van der Waals surface area contributed by atoms with Gasteiger partial charge < -0.3 is 5.32 Å². The molecule has 2 rings (SSSR count). The summed E-state index contributed by atoms with van der Waals surface area (Å²) in [6.45, 7) is 4.35. The third-order valence-electron chi connectivity index (χ3n) is 4.27. The Balaban J connectivity index is 2.19. The summed E-state index contributed by atoms with van der Waals surface area (Å²) in [6.07, 6.45) is -4.50. The SMILES string of the molecule is CC(C)c1ccccc1S(=O)(=O)NCC(N1CCNCC1)C(F)(F)F. The zero-order valence-corrected chi connectivity index (χ0v) is 15.1. The van der Waals surface area contributed by atoms with Gasteiger partial charge in [0.1, 0.15) is 6.04 Å². The second-order valence-corrected chi connectivity index (χ2v) is 8.12. The fourth-order valence-electron chi connectivity index (χ4n) is 2.91. The van der Waals surface area contributed by atoms with Crippen molar-refractivity contribution >= 4 is 10.0 Å². The fraction of sp³-hybridized carbons (Fsp3) is 0.625. The lowest BCUT2D eigenvalue weighted by Gasteiger charge is -2.35. The topological polar surface area (TPSA) is 61.4 Å². The minimum atomic E-state index is -4.50. The molecular weight excluding hydrogens is 355 g/mol. The highest BCUT2D eigenvalue weighted by atomic mass is 32.2. The summed E-state index contributed by atoms with van der Waals surface area (Å²) < 4.78 is 67.5. The number of sulfonamides is 1. The van der Waals surface area contributed by atoms with E-state index in [1.54, 1.807) is 18.2 Å². The van der Waals surface area contributed by atoms with Gasteiger partial charge in [-0.2, -0.15) is 13.2 Å². The molecule has 0 aliphatic carbocycles. The molecule has 9 heteroatoms. The minimum absolute atomic E-state index is 0.0336. The summed E-state index contributed by atoms with van der Waals surface area (Å²) in [7, 11) is -4.02. The second kappa shape index (κ2) is 8.03. The lowest BCUT2D eigenvalue weighted by molar-refractivity contribution is -0.182. The predicted octanol–water partition coefficient (Wildman–Crippen LogP) is 1.92. The van der Waals surface area contributed by atoms with E-state index in [0.717, 1.165) is 0 Å². The van der Waals surface area contributed by atoms with Crippen LogP contribution >= 0.6 is 0 Å². The van der Waals surface area contributed by atoms with Gasteiger partial charge in [0.15, 0.2) is 0 Å². The van der Waals surface area contributed by atoms with Crippen LogP contribution in [-0.4, -0.2) is 58.3 Å². The Morgan fingerprint density at radius 2 is 1.80 bits per heavy atom. The predicted molar refractivity (Wildman–Crippen MR) is 90.0 cm³/mol. The van der Waals surface area contributed by atoms with Crippen molar-refractivity contribution in [2.45, 2.75) is 36.9 Å².